The fourth-order valence-electron chi connectivity index (χ4n) is 3.95. The third-order valence-electron chi connectivity index (χ3n) is 5.35. The van der Waals surface area contributed by atoms with Crippen molar-refractivity contribution >= 4 is 5.82 Å². The van der Waals surface area contributed by atoms with Crippen LogP contribution in [0.1, 0.15) is 29.7 Å². The quantitative estimate of drug-likeness (QED) is 0.471. The maximum atomic E-state index is 14.2. The number of nitrogens with zero attached hydrogens (tertiary/aromatic N) is 6. The van der Waals surface area contributed by atoms with Crippen LogP contribution < -0.4 is 10.5 Å². The Kier molecular flexibility index (Phi) is 4.22. The fraction of sp³-hybridized carbons (Fsp3) is 0.182. The molecule has 0 unspecified atom stereocenters. The molecule has 9 heteroatoms. The van der Waals surface area contributed by atoms with Gasteiger partial charge in [-0.25, -0.2) is 9.37 Å². The van der Waals surface area contributed by atoms with Crippen molar-refractivity contribution in [1.82, 2.24) is 24.5 Å². The normalized spacial score (nSPS) is 14.8. The molecule has 1 aliphatic heterocycles. The van der Waals surface area contributed by atoms with Gasteiger partial charge in [-0.05, 0) is 31.2 Å². The monoisotopic (exact) mass is 415 g/mol. The molecule has 5 rings (SSSR count). The molecule has 154 valence electrons. The van der Waals surface area contributed by atoms with Gasteiger partial charge in [-0.3, -0.25) is 9.36 Å². The number of nitrogen functional groups attached to an aromatic ring is 1. The summed E-state index contributed by atoms with van der Waals surface area (Å²) < 4.78 is 23.7. The molecule has 0 spiro atoms. The van der Waals surface area contributed by atoms with Crippen molar-refractivity contribution in [3.63, 3.8) is 0 Å². The minimum Gasteiger partial charge on any atom is -0.482 e. The van der Waals surface area contributed by atoms with Crippen LogP contribution in [0, 0.1) is 17.1 Å². The molecular weight excluding hydrogens is 397 g/mol. The van der Waals surface area contributed by atoms with Gasteiger partial charge < -0.3 is 10.5 Å². The lowest BCUT2D eigenvalue weighted by atomic mass is 9.97. The summed E-state index contributed by atoms with van der Waals surface area (Å²) in [7, 11) is 1.83. The van der Waals surface area contributed by atoms with E-state index in [1.165, 1.54) is 18.3 Å². The van der Waals surface area contributed by atoms with E-state index >= 15 is 0 Å². The predicted molar refractivity (Wildman–Crippen MR) is 111 cm³/mol. The molecule has 1 aromatic carbocycles. The second-order valence-corrected chi connectivity index (χ2v) is 7.45. The van der Waals surface area contributed by atoms with E-state index in [0.717, 1.165) is 11.1 Å². The van der Waals surface area contributed by atoms with Gasteiger partial charge in [0.15, 0.2) is 11.6 Å². The third-order valence-corrected chi connectivity index (χ3v) is 5.35. The minimum atomic E-state index is -0.528. The minimum absolute atomic E-state index is 0.203. The zero-order valence-corrected chi connectivity index (χ0v) is 16.9. The Hall–Kier alpha value is -4.19. The molecule has 0 radical (unpaired) electrons. The standard InChI is InChI=1S/C22H18FN7O/c1-12-18-6-16(23)3-4-17(18)20-15(10-29(2)28-20)11-30-21(14(7-24)9-27-30)13-5-19(31-12)22(25)26-8-13/h3-6,8-10,12H,11H2,1-2H3,(H2,25,26)/t12-/m1/s1. The first-order valence-electron chi connectivity index (χ1n) is 9.65. The third kappa shape index (κ3) is 3.09. The van der Waals surface area contributed by atoms with Crippen LogP contribution in [0.4, 0.5) is 10.2 Å². The molecule has 3 aromatic heterocycles. The topological polar surface area (TPSA) is 108 Å². The number of pyridine rings is 1. The van der Waals surface area contributed by atoms with Crippen LogP contribution in [0.2, 0.25) is 0 Å². The highest BCUT2D eigenvalue weighted by Crippen LogP contribution is 2.37. The van der Waals surface area contributed by atoms with Crippen LogP contribution in [-0.4, -0.2) is 24.5 Å². The Morgan fingerprint density at radius 2 is 2.13 bits per heavy atom. The second kappa shape index (κ2) is 6.95. The van der Waals surface area contributed by atoms with E-state index in [1.54, 1.807) is 27.7 Å². The zero-order chi connectivity index (χ0) is 21.7. The summed E-state index contributed by atoms with van der Waals surface area (Å²) in [6.07, 6.45) is 4.47. The Morgan fingerprint density at radius 3 is 2.94 bits per heavy atom. The number of aryl methyl sites for hydroxylation is 1. The van der Waals surface area contributed by atoms with Gasteiger partial charge in [0.2, 0.25) is 0 Å². The van der Waals surface area contributed by atoms with Crippen LogP contribution in [0.15, 0.2) is 42.9 Å². The summed E-state index contributed by atoms with van der Waals surface area (Å²) in [5.74, 6) is 0.180. The van der Waals surface area contributed by atoms with Crippen molar-refractivity contribution in [3.05, 3.63) is 65.4 Å². The molecule has 8 nitrogen and oxygen atoms in total. The highest BCUT2D eigenvalue weighted by atomic mass is 19.1. The van der Waals surface area contributed by atoms with E-state index in [2.05, 4.69) is 21.3 Å². The first kappa shape index (κ1) is 18.8. The molecule has 2 bridgehead atoms. The van der Waals surface area contributed by atoms with Gasteiger partial charge in [-0.2, -0.15) is 15.5 Å². The van der Waals surface area contributed by atoms with E-state index in [-0.39, 0.29) is 11.6 Å². The van der Waals surface area contributed by atoms with Crippen LogP contribution in [-0.2, 0) is 13.6 Å². The number of fused-ring (bicyclic) bond motifs is 7. The molecule has 4 aromatic rings. The maximum Gasteiger partial charge on any atom is 0.166 e. The van der Waals surface area contributed by atoms with Crippen LogP contribution in [0.3, 0.4) is 0 Å². The number of nitrogens with two attached hydrogens (primary N) is 1. The molecular formula is C22H18FN7O. The van der Waals surface area contributed by atoms with Gasteiger partial charge in [0, 0.05) is 41.7 Å². The number of anilines is 1. The zero-order valence-electron chi connectivity index (χ0n) is 16.9. The number of hydrogen-bond acceptors (Lipinski definition) is 6. The Labute approximate surface area is 177 Å². The second-order valence-electron chi connectivity index (χ2n) is 7.45. The number of hydrogen-bond donors (Lipinski definition) is 1. The van der Waals surface area contributed by atoms with E-state index in [1.807, 2.05) is 20.2 Å². The van der Waals surface area contributed by atoms with Crippen molar-refractivity contribution in [2.75, 3.05) is 5.73 Å². The van der Waals surface area contributed by atoms with Crippen molar-refractivity contribution in [2.24, 2.45) is 7.05 Å². The Bertz CT molecular complexity index is 1360. The molecule has 0 saturated carbocycles. The summed E-state index contributed by atoms with van der Waals surface area (Å²) in [4.78, 5) is 4.25. The SMILES string of the molecule is C[C@H]1Oc2cc(cnc2N)-c2c(C#N)cnn2Cc2cn(C)nc2-c2ccc(F)cc21. The molecule has 4 heterocycles. The first-order valence-corrected chi connectivity index (χ1v) is 9.65. The molecule has 2 N–H and O–H groups in total. The lowest BCUT2D eigenvalue weighted by Crippen LogP contribution is -2.11. The van der Waals surface area contributed by atoms with Crippen LogP contribution >= 0.6 is 0 Å². The van der Waals surface area contributed by atoms with Crippen molar-refractivity contribution in [2.45, 2.75) is 19.6 Å². The molecule has 0 amide bonds. The van der Waals surface area contributed by atoms with E-state index in [0.29, 0.717) is 40.4 Å². The lowest BCUT2D eigenvalue weighted by Gasteiger charge is -2.21. The first-order chi connectivity index (χ1) is 14.9. The van der Waals surface area contributed by atoms with Gasteiger partial charge in [0.25, 0.3) is 0 Å². The molecule has 0 aliphatic carbocycles. The number of nitriles is 1. The van der Waals surface area contributed by atoms with Crippen molar-refractivity contribution in [1.29, 1.82) is 5.26 Å². The number of halogens is 1. The van der Waals surface area contributed by atoms with Gasteiger partial charge in [0.1, 0.15) is 18.0 Å². The predicted octanol–water partition coefficient (Wildman–Crippen LogP) is 3.44. The van der Waals surface area contributed by atoms with Crippen LogP contribution in [0.5, 0.6) is 5.75 Å². The number of ether oxygens (including phenoxy) is 1. The smallest absolute Gasteiger partial charge is 0.166 e. The van der Waals surface area contributed by atoms with E-state index < -0.39 is 6.10 Å². The highest BCUT2D eigenvalue weighted by Gasteiger charge is 2.24. The average molecular weight is 415 g/mol. The summed E-state index contributed by atoms with van der Waals surface area (Å²) >= 11 is 0. The highest BCUT2D eigenvalue weighted by molar-refractivity contribution is 5.71. The Morgan fingerprint density at radius 1 is 1.29 bits per heavy atom. The van der Waals surface area contributed by atoms with E-state index in [9.17, 15) is 9.65 Å². The summed E-state index contributed by atoms with van der Waals surface area (Å²) in [5.41, 5.74) is 10.7. The van der Waals surface area contributed by atoms with Crippen molar-refractivity contribution in [3.8, 4) is 34.3 Å². The molecule has 0 saturated heterocycles. The van der Waals surface area contributed by atoms with Crippen LogP contribution in [0.25, 0.3) is 22.5 Å². The molecule has 1 aliphatic rings. The summed E-state index contributed by atoms with van der Waals surface area (Å²) in [5, 5.41) is 18.7. The summed E-state index contributed by atoms with van der Waals surface area (Å²) in [6.45, 7) is 2.19. The number of rotatable bonds is 0. The maximum absolute atomic E-state index is 14.2. The van der Waals surface area contributed by atoms with Gasteiger partial charge in [0.05, 0.1) is 29.7 Å². The molecule has 1 atom stereocenters. The van der Waals surface area contributed by atoms with Crippen molar-refractivity contribution < 1.29 is 9.13 Å². The Balaban J connectivity index is 1.82. The van der Waals surface area contributed by atoms with Gasteiger partial charge >= 0.3 is 0 Å². The fourth-order valence-corrected chi connectivity index (χ4v) is 3.95. The average Bonchev–Trinajstić information content (AvgIpc) is 3.32. The number of benzene rings is 1. The largest absolute Gasteiger partial charge is 0.482 e. The summed E-state index contributed by atoms with van der Waals surface area (Å²) in [6, 6.07) is 8.47. The number of aromatic nitrogens is 5. The molecule has 31 heavy (non-hydrogen) atoms. The van der Waals surface area contributed by atoms with Gasteiger partial charge in [-0.1, -0.05) is 0 Å². The van der Waals surface area contributed by atoms with Gasteiger partial charge in [-0.15, -0.1) is 0 Å². The molecule has 0 fully saturated rings. The lowest BCUT2D eigenvalue weighted by molar-refractivity contribution is 0.227. The van der Waals surface area contributed by atoms with E-state index in [4.69, 9.17) is 10.5 Å².